The van der Waals surface area contributed by atoms with Gasteiger partial charge >= 0.3 is 0 Å². The standard InChI is InChI=1S/C30H36ClN3O2/c1-2-36-29-16-8-7-15-28(29)34-21-19-33(20-22-34)18-10-9-17-30(35)32-23-24-11-3-4-12-25(24)26-13-5-6-14-27(26)31/h3-8,11-16H,2,9-10,17-23H2,1H3,(H,32,35). The van der Waals surface area contributed by atoms with Crippen molar-refractivity contribution in [3.05, 3.63) is 83.4 Å². The smallest absolute Gasteiger partial charge is 0.220 e. The van der Waals surface area contributed by atoms with E-state index < -0.39 is 0 Å². The molecule has 1 amide bonds. The van der Waals surface area contributed by atoms with Crippen molar-refractivity contribution < 1.29 is 9.53 Å². The molecule has 3 aromatic carbocycles. The normalized spacial score (nSPS) is 14.0. The molecule has 36 heavy (non-hydrogen) atoms. The first-order chi connectivity index (χ1) is 17.7. The van der Waals surface area contributed by atoms with Gasteiger partial charge in [-0.3, -0.25) is 9.69 Å². The Labute approximate surface area is 220 Å². The first kappa shape index (κ1) is 26.1. The summed E-state index contributed by atoms with van der Waals surface area (Å²) in [6.45, 7) is 8.30. The lowest BCUT2D eigenvalue weighted by Gasteiger charge is -2.36. The number of anilines is 1. The number of hydrogen-bond donors (Lipinski definition) is 1. The largest absolute Gasteiger partial charge is 0.492 e. The van der Waals surface area contributed by atoms with Crippen molar-refractivity contribution in [3.63, 3.8) is 0 Å². The van der Waals surface area contributed by atoms with Crippen molar-refractivity contribution in [1.29, 1.82) is 0 Å². The molecule has 3 aromatic rings. The lowest BCUT2D eigenvalue weighted by molar-refractivity contribution is -0.121. The molecule has 1 saturated heterocycles. The van der Waals surface area contributed by atoms with Gasteiger partial charge in [-0.15, -0.1) is 0 Å². The first-order valence-electron chi connectivity index (χ1n) is 12.9. The number of amides is 1. The van der Waals surface area contributed by atoms with Gasteiger partial charge in [0.15, 0.2) is 0 Å². The van der Waals surface area contributed by atoms with Gasteiger partial charge in [0.2, 0.25) is 5.91 Å². The molecule has 0 spiro atoms. The number of piperazine rings is 1. The molecule has 0 radical (unpaired) electrons. The summed E-state index contributed by atoms with van der Waals surface area (Å²) in [7, 11) is 0. The Hall–Kier alpha value is -3.02. The second-order valence-electron chi connectivity index (χ2n) is 9.10. The number of carbonyl (C=O) groups excluding carboxylic acids is 1. The predicted octanol–water partition coefficient (Wildman–Crippen LogP) is 6.01. The minimum Gasteiger partial charge on any atom is -0.492 e. The van der Waals surface area contributed by atoms with Gasteiger partial charge < -0.3 is 15.0 Å². The van der Waals surface area contributed by atoms with Crippen LogP contribution in [0.5, 0.6) is 5.75 Å². The van der Waals surface area contributed by atoms with Gasteiger partial charge in [-0.1, -0.05) is 66.2 Å². The molecule has 1 aliphatic rings. The number of unbranched alkanes of at least 4 members (excludes halogenated alkanes) is 1. The van der Waals surface area contributed by atoms with Crippen molar-refractivity contribution >= 4 is 23.2 Å². The van der Waals surface area contributed by atoms with Crippen LogP contribution in [-0.2, 0) is 11.3 Å². The Kier molecular flexibility index (Phi) is 9.65. The molecule has 0 aliphatic carbocycles. The Balaban J connectivity index is 1.17. The molecule has 4 rings (SSSR count). The van der Waals surface area contributed by atoms with Crippen molar-refractivity contribution in [2.75, 3.05) is 44.2 Å². The Morgan fingerprint density at radius 2 is 1.58 bits per heavy atom. The van der Waals surface area contributed by atoms with Crippen LogP contribution in [0.1, 0.15) is 31.7 Å². The molecule has 5 nitrogen and oxygen atoms in total. The lowest BCUT2D eigenvalue weighted by Crippen LogP contribution is -2.46. The van der Waals surface area contributed by atoms with E-state index in [-0.39, 0.29) is 5.91 Å². The van der Waals surface area contributed by atoms with Gasteiger partial charge in [-0.05, 0) is 55.6 Å². The van der Waals surface area contributed by atoms with Crippen molar-refractivity contribution in [1.82, 2.24) is 10.2 Å². The Bertz CT molecular complexity index is 1130. The number of nitrogens with zero attached hydrogens (tertiary/aromatic N) is 2. The van der Waals surface area contributed by atoms with Crippen LogP contribution >= 0.6 is 11.6 Å². The van der Waals surface area contributed by atoms with Crippen LogP contribution in [0, 0.1) is 0 Å². The maximum Gasteiger partial charge on any atom is 0.220 e. The van der Waals surface area contributed by atoms with Crippen LogP contribution < -0.4 is 15.0 Å². The predicted molar refractivity (Wildman–Crippen MR) is 149 cm³/mol. The fourth-order valence-corrected chi connectivity index (χ4v) is 4.97. The number of para-hydroxylation sites is 2. The fraction of sp³-hybridized carbons (Fsp3) is 0.367. The summed E-state index contributed by atoms with van der Waals surface area (Å²) in [6.07, 6.45) is 2.47. The molecular formula is C30H36ClN3O2. The molecule has 6 heteroatoms. The summed E-state index contributed by atoms with van der Waals surface area (Å²) in [5.41, 5.74) is 4.31. The van der Waals surface area contributed by atoms with Gasteiger partial charge in [0.25, 0.3) is 0 Å². The third kappa shape index (κ3) is 7.02. The van der Waals surface area contributed by atoms with Gasteiger partial charge in [0, 0.05) is 49.7 Å². The molecule has 0 unspecified atom stereocenters. The van der Waals surface area contributed by atoms with E-state index in [9.17, 15) is 4.79 Å². The summed E-state index contributed by atoms with van der Waals surface area (Å²) < 4.78 is 5.80. The van der Waals surface area contributed by atoms with Crippen LogP contribution in [0.4, 0.5) is 5.69 Å². The topological polar surface area (TPSA) is 44.8 Å². The fourth-order valence-electron chi connectivity index (χ4n) is 4.73. The van der Waals surface area contributed by atoms with Crippen molar-refractivity contribution in [2.45, 2.75) is 32.7 Å². The summed E-state index contributed by atoms with van der Waals surface area (Å²) >= 11 is 6.40. The summed E-state index contributed by atoms with van der Waals surface area (Å²) in [5.74, 6) is 1.07. The van der Waals surface area contributed by atoms with Gasteiger partial charge in [-0.2, -0.15) is 0 Å². The van der Waals surface area contributed by atoms with Crippen LogP contribution in [0.3, 0.4) is 0 Å². The van der Waals surface area contributed by atoms with Gasteiger partial charge in [0.1, 0.15) is 5.75 Å². The van der Waals surface area contributed by atoms with Crippen molar-refractivity contribution in [3.8, 4) is 16.9 Å². The van der Waals surface area contributed by atoms with E-state index >= 15 is 0 Å². The number of nitrogens with one attached hydrogen (secondary N) is 1. The zero-order valence-electron chi connectivity index (χ0n) is 21.1. The second kappa shape index (κ2) is 13.3. The summed E-state index contributed by atoms with van der Waals surface area (Å²) in [5, 5.41) is 3.81. The highest BCUT2D eigenvalue weighted by Crippen LogP contribution is 2.30. The molecule has 1 aliphatic heterocycles. The SMILES string of the molecule is CCOc1ccccc1N1CCN(CCCCC(=O)NCc2ccccc2-c2ccccc2Cl)CC1. The third-order valence-electron chi connectivity index (χ3n) is 6.66. The van der Waals surface area contributed by atoms with E-state index in [0.29, 0.717) is 19.6 Å². The molecule has 1 fully saturated rings. The minimum absolute atomic E-state index is 0.0984. The lowest BCUT2D eigenvalue weighted by atomic mass is 9.99. The van der Waals surface area contributed by atoms with Crippen LogP contribution in [0.2, 0.25) is 5.02 Å². The number of ether oxygens (including phenoxy) is 1. The molecule has 190 valence electrons. The van der Waals surface area contributed by atoms with Crippen molar-refractivity contribution in [2.24, 2.45) is 0 Å². The molecule has 1 N–H and O–H groups in total. The van der Waals surface area contributed by atoms with E-state index in [1.54, 1.807) is 0 Å². The highest BCUT2D eigenvalue weighted by Gasteiger charge is 2.19. The highest BCUT2D eigenvalue weighted by molar-refractivity contribution is 6.33. The molecule has 0 atom stereocenters. The minimum atomic E-state index is 0.0984. The Morgan fingerprint density at radius 3 is 2.36 bits per heavy atom. The number of rotatable bonds is 11. The Morgan fingerprint density at radius 1 is 0.889 bits per heavy atom. The zero-order chi connectivity index (χ0) is 25.2. The highest BCUT2D eigenvalue weighted by atomic mass is 35.5. The molecule has 0 aromatic heterocycles. The molecule has 0 bridgehead atoms. The average molecular weight is 506 g/mol. The summed E-state index contributed by atoms with van der Waals surface area (Å²) in [6, 6.07) is 24.2. The zero-order valence-corrected chi connectivity index (χ0v) is 21.8. The number of hydrogen-bond acceptors (Lipinski definition) is 4. The molecule has 1 heterocycles. The van der Waals surface area contributed by atoms with Crippen LogP contribution in [0.25, 0.3) is 11.1 Å². The van der Waals surface area contributed by atoms with E-state index in [0.717, 1.165) is 73.0 Å². The monoisotopic (exact) mass is 505 g/mol. The number of carbonyl (C=O) groups is 1. The van der Waals surface area contributed by atoms with E-state index in [1.807, 2.05) is 61.5 Å². The molecular weight excluding hydrogens is 470 g/mol. The summed E-state index contributed by atoms with van der Waals surface area (Å²) in [4.78, 5) is 17.4. The van der Waals surface area contributed by atoms with Crippen LogP contribution in [0.15, 0.2) is 72.8 Å². The first-order valence-corrected chi connectivity index (χ1v) is 13.3. The number of benzene rings is 3. The molecule has 0 saturated carbocycles. The van der Waals surface area contributed by atoms with E-state index in [2.05, 4.69) is 33.3 Å². The average Bonchev–Trinajstić information content (AvgIpc) is 2.91. The maximum absolute atomic E-state index is 12.5. The maximum atomic E-state index is 12.5. The van der Waals surface area contributed by atoms with Gasteiger partial charge in [-0.25, -0.2) is 0 Å². The number of halogens is 1. The van der Waals surface area contributed by atoms with Crippen LogP contribution in [-0.4, -0.2) is 50.1 Å². The second-order valence-corrected chi connectivity index (χ2v) is 9.51. The van der Waals surface area contributed by atoms with E-state index in [4.69, 9.17) is 16.3 Å². The van der Waals surface area contributed by atoms with Gasteiger partial charge in [0.05, 0.1) is 12.3 Å². The third-order valence-corrected chi connectivity index (χ3v) is 6.99. The van der Waals surface area contributed by atoms with E-state index in [1.165, 1.54) is 5.69 Å². The quantitative estimate of drug-likeness (QED) is 0.324.